The van der Waals surface area contributed by atoms with E-state index in [2.05, 4.69) is 6.92 Å². The lowest BCUT2D eigenvalue weighted by Crippen LogP contribution is -2.31. The van der Waals surface area contributed by atoms with E-state index in [4.69, 9.17) is 9.47 Å². The number of nitrogens with zero attached hydrogens (tertiary/aromatic N) is 1. The molecule has 1 aliphatic rings. The van der Waals surface area contributed by atoms with Gasteiger partial charge in [0.2, 0.25) is 0 Å². The zero-order chi connectivity index (χ0) is 16.8. The third-order valence-corrected chi connectivity index (χ3v) is 4.41. The van der Waals surface area contributed by atoms with Gasteiger partial charge in [-0.3, -0.25) is 14.5 Å². The van der Waals surface area contributed by atoms with Crippen LogP contribution in [0.1, 0.15) is 25.8 Å². The molecule has 6 heteroatoms. The van der Waals surface area contributed by atoms with Crippen LogP contribution in [0.25, 0.3) is 6.08 Å². The summed E-state index contributed by atoms with van der Waals surface area (Å²) in [6.07, 6.45) is 2.69. The number of benzene rings is 1. The molecule has 0 saturated carbocycles. The van der Waals surface area contributed by atoms with Gasteiger partial charge in [0, 0.05) is 12.7 Å². The van der Waals surface area contributed by atoms with E-state index in [0.29, 0.717) is 17.3 Å². The Morgan fingerprint density at radius 2 is 2.04 bits per heavy atom. The first-order valence-corrected chi connectivity index (χ1v) is 8.38. The summed E-state index contributed by atoms with van der Waals surface area (Å²) in [5.74, 6) is 0.431. The summed E-state index contributed by atoms with van der Waals surface area (Å²) in [5.41, 5.74) is 0.796. The molecule has 0 unspecified atom stereocenters. The third-order valence-electron chi connectivity index (χ3n) is 3.50. The van der Waals surface area contributed by atoms with Crippen molar-refractivity contribution in [3.05, 3.63) is 34.7 Å². The summed E-state index contributed by atoms with van der Waals surface area (Å²) in [4.78, 5) is 25.9. The molecule has 1 heterocycles. The van der Waals surface area contributed by atoms with Gasteiger partial charge in [-0.05, 0) is 37.2 Å². The van der Waals surface area contributed by atoms with Crippen molar-refractivity contribution < 1.29 is 19.1 Å². The number of thioether (sulfide) groups is 1. The van der Waals surface area contributed by atoms with Crippen molar-refractivity contribution in [1.29, 1.82) is 0 Å². The Kier molecular flexibility index (Phi) is 6.24. The van der Waals surface area contributed by atoms with Crippen molar-refractivity contribution in [2.45, 2.75) is 26.4 Å². The predicted octanol–water partition coefficient (Wildman–Crippen LogP) is 3.55. The summed E-state index contributed by atoms with van der Waals surface area (Å²) in [6, 6.07) is 7.51. The molecule has 23 heavy (non-hydrogen) atoms. The van der Waals surface area contributed by atoms with Crippen LogP contribution in [0.5, 0.6) is 5.75 Å². The van der Waals surface area contributed by atoms with Gasteiger partial charge in [-0.25, -0.2) is 0 Å². The molecular weight excluding hydrogens is 314 g/mol. The van der Waals surface area contributed by atoms with E-state index in [0.717, 1.165) is 23.7 Å². The number of methoxy groups -OCH3 is 1. The molecule has 2 amide bonds. The third kappa shape index (κ3) is 4.36. The van der Waals surface area contributed by atoms with Crippen LogP contribution >= 0.6 is 11.8 Å². The summed E-state index contributed by atoms with van der Waals surface area (Å²) in [6.45, 7) is 4.65. The molecule has 1 aromatic carbocycles. The Hall–Kier alpha value is -1.79. The van der Waals surface area contributed by atoms with Crippen LogP contribution in [0.4, 0.5) is 4.79 Å². The first kappa shape index (κ1) is 17.6. The van der Waals surface area contributed by atoms with Crippen molar-refractivity contribution in [3.63, 3.8) is 0 Å². The fourth-order valence-corrected chi connectivity index (χ4v) is 2.88. The fraction of sp³-hybridized carbons (Fsp3) is 0.412. The smallest absolute Gasteiger partial charge is 0.293 e. The van der Waals surface area contributed by atoms with Gasteiger partial charge in [0.05, 0.1) is 24.2 Å². The second kappa shape index (κ2) is 8.17. The summed E-state index contributed by atoms with van der Waals surface area (Å²) in [7, 11) is 1.54. The normalized spacial score (nSPS) is 17.9. The number of amides is 2. The van der Waals surface area contributed by atoms with Gasteiger partial charge in [0.1, 0.15) is 5.75 Å². The SMILES string of the molecule is CC[C@H](C)Oc1ccccc1/C=C1/SC(=O)N(CCOC)C1=O. The fourth-order valence-electron chi connectivity index (χ4n) is 2.02. The number of imide groups is 1. The van der Waals surface area contributed by atoms with Crippen molar-refractivity contribution >= 4 is 29.0 Å². The molecule has 0 aromatic heterocycles. The molecule has 1 aromatic rings. The molecule has 1 saturated heterocycles. The van der Waals surface area contributed by atoms with Crippen LogP contribution in [-0.2, 0) is 9.53 Å². The summed E-state index contributed by atoms with van der Waals surface area (Å²) >= 11 is 0.948. The van der Waals surface area contributed by atoms with Crippen LogP contribution < -0.4 is 4.74 Å². The van der Waals surface area contributed by atoms with Gasteiger partial charge in [-0.2, -0.15) is 0 Å². The second-order valence-corrected chi connectivity index (χ2v) is 6.19. The molecule has 0 radical (unpaired) electrons. The van der Waals surface area contributed by atoms with E-state index >= 15 is 0 Å². The first-order chi connectivity index (χ1) is 11.1. The molecule has 0 N–H and O–H groups in total. The van der Waals surface area contributed by atoms with E-state index in [9.17, 15) is 9.59 Å². The molecule has 1 atom stereocenters. The number of ether oxygens (including phenoxy) is 2. The van der Waals surface area contributed by atoms with E-state index in [1.807, 2.05) is 31.2 Å². The maximum absolute atomic E-state index is 12.3. The lowest BCUT2D eigenvalue weighted by Gasteiger charge is -2.14. The average molecular weight is 335 g/mol. The van der Waals surface area contributed by atoms with E-state index in [-0.39, 0.29) is 23.8 Å². The van der Waals surface area contributed by atoms with Crippen LogP contribution in [0.15, 0.2) is 29.2 Å². The number of hydrogen-bond acceptors (Lipinski definition) is 5. The topological polar surface area (TPSA) is 55.8 Å². The Morgan fingerprint density at radius 1 is 1.30 bits per heavy atom. The zero-order valence-corrected chi connectivity index (χ0v) is 14.4. The Morgan fingerprint density at radius 3 is 2.74 bits per heavy atom. The standard InChI is InChI=1S/C17H21NO4S/c1-4-12(2)22-14-8-6-5-7-13(14)11-15-16(19)18(9-10-21-3)17(20)23-15/h5-8,11-12H,4,9-10H2,1-3H3/b15-11+/t12-/m0/s1. The molecule has 5 nitrogen and oxygen atoms in total. The molecule has 1 fully saturated rings. The maximum atomic E-state index is 12.3. The number of hydrogen-bond donors (Lipinski definition) is 0. The van der Waals surface area contributed by atoms with Crippen molar-refractivity contribution in [2.24, 2.45) is 0 Å². The molecule has 0 aliphatic carbocycles. The zero-order valence-electron chi connectivity index (χ0n) is 13.6. The Labute approximate surface area is 140 Å². The maximum Gasteiger partial charge on any atom is 0.293 e. The number of carbonyl (C=O) groups excluding carboxylic acids is 2. The van der Waals surface area contributed by atoms with Gasteiger partial charge >= 0.3 is 0 Å². The molecule has 124 valence electrons. The minimum absolute atomic E-state index is 0.0846. The van der Waals surface area contributed by atoms with Gasteiger partial charge in [0.15, 0.2) is 0 Å². The van der Waals surface area contributed by atoms with Gasteiger partial charge < -0.3 is 9.47 Å². The lowest BCUT2D eigenvalue weighted by molar-refractivity contribution is -0.123. The Balaban J connectivity index is 2.22. The van der Waals surface area contributed by atoms with Crippen LogP contribution in [0, 0.1) is 0 Å². The van der Waals surface area contributed by atoms with Crippen molar-refractivity contribution in [3.8, 4) is 5.75 Å². The summed E-state index contributed by atoms with van der Waals surface area (Å²) < 4.78 is 10.8. The highest BCUT2D eigenvalue weighted by molar-refractivity contribution is 8.18. The first-order valence-electron chi connectivity index (χ1n) is 7.56. The summed E-state index contributed by atoms with van der Waals surface area (Å²) in [5, 5.41) is -0.265. The highest BCUT2D eigenvalue weighted by Crippen LogP contribution is 2.34. The van der Waals surface area contributed by atoms with Gasteiger partial charge in [0.25, 0.3) is 11.1 Å². The number of rotatable bonds is 7. The minimum atomic E-state index is -0.282. The quantitative estimate of drug-likeness (QED) is 0.713. The van der Waals surface area contributed by atoms with Crippen molar-refractivity contribution in [1.82, 2.24) is 4.90 Å². The van der Waals surface area contributed by atoms with Crippen LogP contribution in [-0.4, -0.2) is 42.4 Å². The molecule has 0 spiro atoms. The molecular formula is C17H21NO4S. The second-order valence-electron chi connectivity index (χ2n) is 5.20. The molecule has 2 rings (SSSR count). The predicted molar refractivity (Wildman–Crippen MR) is 91.4 cm³/mol. The monoisotopic (exact) mass is 335 g/mol. The largest absolute Gasteiger partial charge is 0.490 e. The van der Waals surface area contributed by atoms with E-state index < -0.39 is 0 Å². The number of carbonyl (C=O) groups is 2. The molecule has 0 bridgehead atoms. The van der Waals surface area contributed by atoms with Gasteiger partial charge in [-0.15, -0.1) is 0 Å². The van der Waals surface area contributed by atoms with E-state index in [1.54, 1.807) is 6.08 Å². The minimum Gasteiger partial charge on any atom is -0.490 e. The number of para-hydroxylation sites is 1. The highest BCUT2D eigenvalue weighted by atomic mass is 32.2. The average Bonchev–Trinajstić information content (AvgIpc) is 2.81. The molecule has 1 aliphatic heterocycles. The van der Waals surface area contributed by atoms with Crippen LogP contribution in [0.2, 0.25) is 0 Å². The lowest BCUT2D eigenvalue weighted by atomic mass is 10.1. The van der Waals surface area contributed by atoms with Gasteiger partial charge in [-0.1, -0.05) is 25.1 Å². The highest BCUT2D eigenvalue weighted by Gasteiger charge is 2.34. The van der Waals surface area contributed by atoms with Crippen molar-refractivity contribution in [2.75, 3.05) is 20.3 Å². The van der Waals surface area contributed by atoms with E-state index in [1.165, 1.54) is 12.0 Å². The Bertz CT molecular complexity index is 614. The van der Waals surface area contributed by atoms with Crippen LogP contribution in [0.3, 0.4) is 0 Å².